The zero-order valence-corrected chi connectivity index (χ0v) is 42.3. The van der Waals surface area contributed by atoms with E-state index in [2.05, 4.69) is 27.7 Å². The molecule has 0 N–H and O–H groups in total. The van der Waals surface area contributed by atoms with E-state index in [4.69, 9.17) is 14.2 Å². The lowest BCUT2D eigenvalue weighted by Crippen LogP contribution is -2.30. The van der Waals surface area contributed by atoms with Crippen LogP contribution in [0.2, 0.25) is 0 Å². The van der Waals surface area contributed by atoms with Crippen LogP contribution in [0.3, 0.4) is 0 Å². The van der Waals surface area contributed by atoms with E-state index in [1.54, 1.807) is 0 Å². The Kier molecular flexibility index (Phi) is 49.1. The van der Waals surface area contributed by atoms with Gasteiger partial charge >= 0.3 is 17.9 Å². The van der Waals surface area contributed by atoms with E-state index in [0.29, 0.717) is 19.3 Å². The molecular weight excluding hydrogens is 769 g/mol. The van der Waals surface area contributed by atoms with Crippen molar-refractivity contribution in [3.05, 3.63) is 0 Å². The van der Waals surface area contributed by atoms with E-state index in [1.165, 1.54) is 212 Å². The second-order valence-electron chi connectivity index (χ2n) is 19.7. The molecule has 6 nitrogen and oxygen atoms in total. The second-order valence-corrected chi connectivity index (χ2v) is 19.7. The molecule has 0 rings (SSSR count). The standard InChI is InChI=1S/C56H108O6/c1-5-7-9-11-13-15-17-19-20-21-22-23-24-26-28-32-37-41-45-49-56(59)62-53(51-61-55(58)48-44-40-36-33-29-30-34-38-42-46-52(3)4)50-60-54(57)47-43-39-35-31-27-25-18-16-14-12-10-8-6-2/h52-53H,5-51H2,1-4H3/t53-/m0/s1. The number of hydrogen-bond acceptors (Lipinski definition) is 6. The SMILES string of the molecule is CCCCCCCCCCCCCCCCCCCCCC(=O)O[C@@H](COC(=O)CCCCCCCCCCCCCCC)COC(=O)CCCCCCCCCCCC(C)C. The molecule has 6 heteroatoms. The van der Waals surface area contributed by atoms with Gasteiger partial charge in [-0.05, 0) is 25.2 Å². The molecular formula is C56H108O6. The molecule has 0 aliphatic rings. The molecule has 0 aromatic heterocycles. The number of carbonyl (C=O) groups is 3. The predicted octanol–water partition coefficient (Wildman–Crippen LogP) is 18.2. The minimum Gasteiger partial charge on any atom is -0.462 e. The molecule has 0 spiro atoms. The van der Waals surface area contributed by atoms with Crippen LogP contribution in [-0.4, -0.2) is 37.2 Å². The van der Waals surface area contributed by atoms with Gasteiger partial charge in [0.15, 0.2) is 6.10 Å². The smallest absolute Gasteiger partial charge is 0.306 e. The largest absolute Gasteiger partial charge is 0.462 e. The molecule has 0 aliphatic heterocycles. The zero-order valence-electron chi connectivity index (χ0n) is 42.3. The van der Waals surface area contributed by atoms with Gasteiger partial charge in [-0.2, -0.15) is 0 Å². The van der Waals surface area contributed by atoms with Gasteiger partial charge in [0.1, 0.15) is 13.2 Å². The monoisotopic (exact) mass is 877 g/mol. The van der Waals surface area contributed by atoms with Crippen molar-refractivity contribution in [2.75, 3.05) is 13.2 Å². The first-order valence-corrected chi connectivity index (χ1v) is 27.9. The maximum absolute atomic E-state index is 12.8. The summed E-state index contributed by atoms with van der Waals surface area (Å²) in [6.07, 6.45) is 53.8. The molecule has 368 valence electrons. The van der Waals surface area contributed by atoms with Gasteiger partial charge < -0.3 is 14.2 Å². The lowest BCUT2D eigenvalue weighted by Gasteiger charge is -2.18. The first-order chi connectivity index (χ1) is 30.4. The van der Waals surface area contributed by atoms with Crippen molar-refractivity contribution in [3.63, 3.8) is 0 Å². The van der Waals surface area contributed by atoms with Gasteiger partial charge in [-0.15, -0.1) is 0 Å². The summed E-state index contributed by atoms with van der Waals surface area (Å²) in [6, 6.07) is 0. The molecule has 0 saturated carbocycles. The summed E-state index contributed by atoms with van der Waals surface area (Å²) >= 11 is 0. The highest BCUT2D eigenvalue weighted by molar-refractivity contribution is 5.71. The number of carbonyl (C=O) groups excluding carboxylic acids is 3. The van der Waals surface area contributed by atoms with Crippen molar-refractivity contribution < 1.29 is 28.6 Å². The first-order valence-electron chi connectivity index (χ1n) is 27.9. The van der Waals surface area contributed by atoms with Gasteiger partial charge in [-0.1, -0.05) is 278 Å². The van der Waals surface area contributed by atoms with E-state index in [1.807, 2.05) is 0 Å². The van der Waals surface area contributed by atoms with Crippen LogP contribution in [0.15, 0.2) is 0 Å². The molecule has 0 aliphatic carbocycles. The van der Waals surface area contributed by atoms with Crippen molar-refractivity contribution in [1.82, 2.24) is 0 Å². The lowest BCUT2D eigenvalue weighted by atomic mass is 10.0. The third-order valence-electron chi connectivity index (χ3n) is 12.8. The second kappa shape index (κ2) is 50.4. The lowest BCUT2D eigenvalue weighted by molar-refractivity contribution is -0.167. The van der Waals surface area contributed by atoms with Crippen molar-refractivity contribution in [1.29, 1.82) is 0 Å². The van der Waals surface area contributed by atoms with Gasteiger partial charge in [-0.3, -0.25) is 14.4 Å². The van der Waals surface area contributed by atoms with Gasteiger partial charge in [-0.25, -0.2) is 0 Å². The van der Waals surface area contributed by atoms with Crippen LogP contribution in [0.4, 0.5) is 0 Å². The number of unbranched alkanes of at least 4 members (excludes halogenated alkanes) is 38. The molecule has 0 heterocycles. The quantitative estimate of drug-likeness (QED) is 0.0344. The van der Waals surface area contributed by atoms with Crippen LogP contribution in [0, 0.1) is 5.92 Å². The first kappa shape index (κ1) is 60.4. The molecule has 0 bridgehead atoms. The van der Waals surface area contributed by atoms with Gasteiger partial charge in [0, 0.05) is 19.3 Å². The Balaban J connectivity index is 4.27. The van der Waals surface area contributed by atoms with Crippen molar-refractivity contribution >= 4 is 17.9 Å². The Morgan fingerprint density at radius 3 is 0.790 bits per heavy atom. The Morgan fingerprint density at radius 2 is 0.532 bits per heavy atom. The normalized spacial score (nSPS) is 12.0. The Labute approximate surface area is 387 Å². The Bertz CT molecular complexity index is 933. The molecule has 0 amide bonds. The van der Waals surface area contributed by atoms with E-state index >= 15 is 0 Å². The van der Waals surface area contributed by atoms with E-state index < -0.39 is 6.10 Å². The topological polar surface area (TPSA) is 78.9 Å². The van der Waals surface area contributed by atoms with E-state index in [-0.39, 0.29) is 31.1 Å². The third kappa shape index (κ3) is 49.4. The predicted molar refractivity (Wildman–Crippen MR) is 266 cm³/mol. The molecule has 1 atom stereocenters. The van der Waals surface area contributed by atoms with Crippen LogP contribution in [0.5, 0.6) is 0 Å². The summed E-state index contributed by atoms with van der Waals surface area (Å²) in [5, 5.41) is 0. The summed E-state index contributed by atoms with van der Waals surface area (Å²) in [4.78, 5) is 38.0. The zero-order chi connectivity index (χ0) is 45.2. The maximum Gasteiger partial charge on any atom is 0.306 e. The fourth-order valence-electron chi connectivity index (χ4n) is 8.57. The van der Waals surface area contributed by atoms with Crippen molar-refractivity contribution in [2.45, 2.75) is 323 Å². The summed E-state index contributed by atoms with van der Waals surface area (Å²) in [5.41, 5.74) is 0. The summed E-state index contributed by atoms with van der Waals surface area (Å²) in [6.45, 7) is 9.02. The highest BCUT2D eigenvalue weighted by Crippen LogP contribution is 2.18. The fraction of sp³-hybridized carbons (Fsp3) is 0.946. The minimum absolute atomic E-state index is 0.0625. The molecule has 0 unspecified atom stereocenters. The Hall–Kier alpha value is -1.59. The van der Waals surface area contributed by atoms with Crippen molar-refractivity contribution in [2.24, 2.45) is 5.92 Å². The highest BCUT2D eigenvalue weighted by atomic mass is 16.6. The van der Waals surface area contributed by atoms with E-state index in [9.17, 15) is 14.4 Å². The van der Waals surface area contributed by atoms with Crippen LogP contribution in [-0.2, 0) is 28.6 Å². The van der Waals surface area contributed by atoms with E-state index in [0.717, 1.165) is 63.7 Å². The summed E-state index contributed by atoms with van der Waals surface area (Å²) in [7, 11) is 0. The number of hydrogen-bond donors (Lipinski definition) is 0. The van der Waals surface area contributed by atoms with Crippen molar-refractivity contribution in [3.8, 4) is 0 Å². The molecule has 0 aromatic carbocycles. The van der Waals surface area contributed by atoms with Crippen LogP contribution in [0.25, 0.3) is 0 Å². The molecule has 0 saturated heterocycles. The Morgan fingerprint density at radius 1 is 0.306 bits per heavy atom. The summed E-state index contributed by atoms with van der Waals surface area (Å²) in [5.74, 6) is -0.0319. The molecule has 62 heavy (non-hydrogen) atoms. The minimum atomic E-state index is -0.761. The molecule has 0 radical (unpaired) electrons. The number of rotatable bonds is 51. The maximum atomic E-state index is 12.8. The average molecular weight is 877 g/mol. The number of esters is 3. The average Bonchev–Trinajstić information content (AvgIpc) is 3.26. The highest BCUT2D eigenvalue weighted by Gasteiger charge is 2.19. The molecule has 0 aromatic rings. The summed E-state index contributed by atoms with van der Waals surface area (Å²) < 4.78 is 16.8. The fourth-order valence-corrected chi connectivity index (χ4v) is 8.57. The van der Waals surface area contributed by atoms with Crippen LogP contribution < -0.4 is 0 Å². The molecule has 0 fully saturated rings. The van der Waals surface area contributed by atoms with Crippen LogP contribution in [0.1, 0.15) is 317 Å². The van der Waals surface area contributed by atoms with Crippen LogP contribution >= 0.6 is 0 Å². The van der Waals surface area contributed by atoms with Gasteiger partial charge in [0.05, 0.1) is 0 Å². The third-order valence-corrected chi connectivity index (χ3v) is 12.8. The number of ether oxygens (including phenoxy) is 3. The van der Waals surface area contributed by atoms with Gasteiger partial charge in [0.25, 0.3) is 0 Å². The van der Waals surface area contributed by atoms with Gasteiger partial charge in [0.2, 0.25) is 0 Å².